The summed E-state index contributed by atoms with van der Waals surface area (Å²) < 4.78 is 0.984. The van der Waals surface area contributed by atoms with Gasteiger partial charge in [0.25, 0.3) is 0 Å². The van der Waals surface area contributed by atoms with Crippen molar-refractivity contribution in [2.75, 3.05) is 6.61 Å². The molecule has 2 nitrogen and oxygen atoms in total. The molecule has 0 spiro atoms. The molecule has 1 aromatic rings. The summed E-state index contributed by atoms with van der Waals surface area (Å²) in [6.45, 7) is 0.155. The van der Waals surface area contributed by atoms with Crippen LogP contribution in [-0.4, -0.2) is 16.7 Å². The zero-order chi connectivity index (χ0) is 12.1. The number of aliphatic hydroxyl groups excluding tert-OH is 1. The van der Waals surface area contributed by atoms with Crippen molar-refractivity contribution < 1.29 is 5.11 Å². The SMILES string of the molecule is OC/C(=C/c1ccc(Br)cn1)C1CCCCC1. The summed E-state index contributed by atoms with van der Waals surface area (Å²) in [5.74, 6) is 0.555. The van der Waals surface area contributed by atoms with E-state index in [4.69, 9.17) is 0 Å². The molecule has 1 fully saturated rings. The van der Waals surface area contributed by atoms with Crippen LogP contribution >= 0.6 is 15.9 Å². The Labute approximate surface area is 111 Å². The van der Waals surface area contributed by atoms with Gasteiger partial charge in [-0.05, 0) is 58.5 Å². The first-order chi connectivity index (χ1) is 8.29. The van der Waals surface area contributed by atoms with Crippen LogP contribution in [0.2, 0.25) is 0 Å². The molecule has 1 saturated carbocycles. The van der Waals surface area contributed by atoms with E-state index in [0.717, 1.165) is 15.7 Å². The third-order valence-corrected chi connectivity index (χ3v) is 3.86. The van der Waals surface area contributed by atoms with Crippen LogP contribution in [-0.2, 0) is 0 Å². The van der Waals surface area contributed by atoms with Gasteiger partial charge >= 0.3 is 0 Å². The highest BCUT2D eigenvalue weighted by atomic mass is 79.9. The van der Waals surface area contributed by atoms with Gasteiger partial charge in [-0.1, -0.05) is 19.3 Å². The van der Waals surface area contributed by atoms with E-state index in [9.17, 15) is 5.11 Å². The number of aromatic nitrogens is 1. The van der Waals surface area contributed by atoms with Crippen LogP contribution in [0.4, 0.5) is 0 Å². The Hall–Kier alpha value is -0.670. The summed E-state index contributed by atoms with van der Waals surface area (Å²) in [4.78, 5) is 4.33. The number of hydrogen-bond acceptors (Lipinski definition) is 2. The molecule has 0 bridgehead atoms. The normalized spacial score (nSPS) is 18.4. The smallest absolute Gasteiger partial charge is 0.0648 e. The van der Waals surface area contributed by atoms with Crippen molar-refractivity contribution in [3.8, 4) is 0 Å². The van der Waals surface area contributed by atoms with E-state index < -0.39 is 0 Å². The maximum absolute atomic E-state index is 9.49. The average Bonchev–Trinajstić information content (AvgIpc) is 2.39. The standard InChI is InChI=1S/C14H18BrNO/c15-13-6-7-14(16-9-13)8-12(10-17)11-4-2-1-3-5-11/h6-9,11,17H,1-5,10H2/b12-8-. The van der Waals surface area contributed by atoms with Crippen LogP contribution in [0.5, 0.6) is 0 Å². The van der Waals surface area contributed by atoms with Crippen LogP contribution in [0.1, 0.15) is 37.8 Å². The van der Waals surface area contributed by atoms with E-state index in [0.29, 0.717) is 5.92 Å². The highest BCUT2D eigenvalue weighted by Gasteiger charge is 2.17. The lowest BCUT2D eigenvalue weighted by Crippen LogP contribution is -2.11. The van der Waals surface area contributed by atoms with Crippen molar-refractivity contribution in [1.82, 2.24) is 4.98 Å². The second kappa shape index (κ2) is 6.31. The van der Waals surface area contributed by atoms with E-state index in [2.05, 4.69) is 20.9 Å². The van der Waals surface area contributed by atoms with Gasteiger partial charge in [0, 0.05) is 10.7 Å². The van der Waals surface area contributed by atoms with E-state index in [-0.39, 0.29) is 6.61 Å². The molecule has 0 unspecified atom stereocenters. The summed E-state index contributed by atoms with van der Waals surface area (Å²) in [5.41, 5.74) is 2.07. The lowest BCUT2D eigenvalue weighted by atomic mass is 9.83. The summed E-state index contributed by atoms with van der Waals surface area (Å²) in [5, 5.41) is 9.49. The van der Waals surface area contributed by atoms with E-state index in [1.807, 2.05) is 18.2 Å². The van der Waals surface area contributed by atoms with Crippen molar-refractivity contribution in [3.05, 3.63) is 34.1 Å². The zero-order valence-electron chi connectivity index (χ0n) is 9.90. The molecule has 0 aliphatic heterocycles. The van der Waals surface area contributed by atoms with Gasteiger partial charge in [-0.3, -0.25) is 4.98 Å². The molecular formula is C14H18BrNO. The molecule has 1 aliphatic rings. The zero-order valence-corrected chi connectivity index (χ0v) is 11.5. The third-order valence-electron chi connectivity index (χ3n) is 3.40. The molecule has 17 heavy (non-hydrogen) atoms. The number of nitrogens with zero attached hydrogens (tertiary/aromatic N) is 1. The number of aliphatic hydroxyl groups is 1. The van der Waals surface area contributed by atoms with Crippen molar-refractivity contribution >= 4 is 22.0 Å². The van der Waals surface area contributed by atoms with Crippen LogP contribution in [0.25, 0.3) is 6.08 Å². The molecule has 92 valence electrons. The molecule has 0 atom stereocenters. The molecular weight excluding hydrogens is 278 g/mol. The van der Waals surface area contributed by atoms with E-state index >= 15 is 0 Å². The second-order valence-corrected chi connectivity index (χ2v) is 5.53. The summed E-state index contributed by atoms with van der Waals surface area (Å²) in [6, 6.07) is 3.96. The largest absolute Gasteiger partial charge is 0.392 e. The minimum atomic E-state index is 0.155. The van der Waals surface area contributed by atoms with Gasteiger partial charge < -0.3 is 5.11 Å². The minimum Gasteiger partial charge on any atom is -0.392 e. The van der Waals surface area contributed by atoms with Crippen molar-refractivity contribution in [3.63, 3.8) is 0 Å². The Kier molecular flexibility index (Phi) is 4.75. The summed E-state index contributed by atoms with van der Waals surface area (Å²) >= 11 is 3.37. The Morgan fingerprint density at radius 3 is 2.71 bits per heavy atom. The number of hydrogen-bond donors (Lipinski definition) is 1. The molecule has 1 N–H and O–H groups in total. The van der Waals surface area contributed by atoms with Gasteiger partial charge in [-0.15, -0.1) is 0 Å². The fraction of sp³-hybridized carbons (Fsp3) is 0.500. The second-order valence-electron chi connectivity index (χ2n) is 4.61. The molecule has 0 amide bonds. The van der Waals surface area contributed by atoms with Gasteiger partial charge in [0.05, 0.1) is 12.3 Å². The fourth-order valence-electron chi connectivity index (χ4n) is 2.43. The lowest BCUT2D eigenvalue weighted by Gasteiger charge is -2.23. The maximum atomic E-state index is 9.49. The topological polar surface area (TPSA) is 33.1 Å². The fourth-order valence-corrected chi connectivity index (χ4v) is 2.66. The van der Waals surface area contributed by atoms with Crippen LogP contribution < -0.4 is 0 Å². The number of halogens is 1. The quantitative estimate of drug-likeness (QED) is 0.920. The Bertz CT molecular complexity index is 380. The summed E-state index contributed by atoms with van der Waals surface area (Å²) in [7, 11) is 0. The van der Waals surface area contributed by atoms with E-state index in [1.54, 1.807) is 6.20 Å². The van der Waals surface area contributed by atoms with Crippen molar-refractivity contribution in [1.29, 1.82) is 0 Å². The third kappa shape index (κ3) is 3.65. The molecule has 1 aliphatic carbocycles. The van der Waals surface area contributed by atoms with Gasteiger partial charge in [0.2, 0.25) is 0 Å². The Morgan fingerprint density at radius 1 is 1.35 bits per heavy atom. The Balaban J connectivity index is 2.13. The molecule has 2 rings (SSSR count). The highest BCUT2D eigenvalue weighted by Crippen LogP contribution is 2.30. The molecule has 0 radical (unpaired) electrons. The van der Waals surface area contributed by atoms with E-state index in [1.165, 1.54) is 32.1 Å². The van der Waals surface area contributed by atoms with Gasteiger partial charge in [0.15, 0.2) is 0 Å². The average molecular weight is 296 g/mol. The first-order valence-corrected chi connectivity index (χ1v) is 7.02. The minimum absolute atomic E-state index is 0.155. The van der Waals surface area contributed by atoms with Crippen LogP contribution in [0.15, 0.2) is 28.4 Å². The molecule has 0 saturated heterocycles. The molecule has 1 heterocycles. The number of rotatable bonds is 3. The van der Waals surface area contributed by atoms with Crippen molar-refractivity contribution in [2.24, 2.45) is 5.92 Å². The Morgan fingerprint density at radius 2 is 2.12 bits per heavy atom. The predicted molar refractivity (Wildman–Crippen MR) is 73.6 cm³/mol. The van der Waals surface area contributed by atoms with Crippen LogP contribution in [0.3, 0.4) is 0 Å². The lowest BCUT2D eigenvalue weighted by molar-refractivity contribution is 0.295. The maximum Gasteiger partial charge on any atom is 0.0648 e. The first kappa shape index (κ1) is 12.8. The van der Waals surface area contributed by atoms with Gasteiger partial charge in [-0.25, -0.2) is 0 Å². The first-order valence-electron chi connectivity index (χ1n) is 6.22. The van der Waals surface area contributed by atoms with Gasteiger partial charge in [-0.2, -0.15) is 0 Å². The molecule has 1 aromatic heterocycles. The molecule has 3 heteroatoms. The van der Waals surface area contributed by atoms with Crippen LogP contribution in [0, 0.1) is 5.92 Å². The monoisotopic (exact) mass is 295 g/mol. The highest BCUT2D eigenvalue weighted by molar-refractivity contribution is 9.10. The summed E-state index contributed by atoms with van der Waals surface area (Å²) in [6.07, 6.45) is 10.2. The molecule has 0 aromatic carbocycles. The number of pyridine rings is 1. The van der Waals surface area contributed by atoms with Crippen molar-refractivity contribution in [2.45, 2.75) is 32.1 Å². The predicted octanol–water partition coefficient (Wildman–Crippen LogP) is 3.80. The van der Waals surface area contributed by atoms with Gasteiger partial charge in [0.1, 0.15) is 0 Å².